The third-order valence-corrected chi connectivity index (χ3v) is 6.00. The molecule has 1 unspecified atom stereocenters. The number of benzene rings is 2. The van der Waals surface area contributed by atoms with E-state index in [-0.39, 0.29) is 11.3 Å². The maximum absolute atomic E-state index is 12.9. The van der Waals surface area contributed by atoms with Gasteiger partial charge in [0.15, 0.2) is 5.82 Å². The zero-order valence-electron chi connectivity index (χ0n) is 15.1. The van der Waals surface area contributed by atoms with E-state index < -0.39 is 0 Å². The normalized spacial score (nSPS) is 16.6. The first-order valence-corrected chi connectivity index (χ1v) is 10.1. The van der Waals surface area contributed by atoms with Crippen molar-refractivity contribution in [2.45, 2.75) is 5.37 Å². The molecule has 1 fully saturated rings. The maximum Gasteiger partial charge on any atom is 0.238 e. The summed E-state index contributed by atoms with van der Waals surface area (Å²) in [5.41, 5.74) is 2.88. The number of anilines is 1. The van der Waals surface area contributed by atoms with E-state index in [1.165, 1.54) is 0 Å². The van der Waals surface area contributed by atoms with Crippen molar-refractivity contribution in [2.24, 2.45) is 0 Å². The molecule has 5 nitrogen and oxygen atoms in total. The molecule has 1 saturated heterocycles. The summed E-state index contributed by atoms with van der Waals surface area (Å²) < 4.78 is 3.89. The van der Waals surface area contributed by atoms with Crippen LogP contribution in [0.1, 0.15) is 10.9 Å². The quantitative estimate of drug-likeness (QED) is 0.521. The monoisotopic (exact) mass is 386 g/mol. The fourth-order valence-electron chi connectivity index (χ4n) is 3.53. The molecule has 0 N–H and O–H groups in total. The van der Waals surface area contributed by atoms with Gasteiger partial charge in [0, 0.05) is 12.4 Å². The summed E-state index contributed by atoms with van der Waals surface area (Å²) in [7, 11) is 0. The number of hydrogen-bond donors (Lipinski definition) is 0. The minimum absolute atomic E-state index is 0.0589. The van der Waals surface area contributed by atoms with E-state index in [1.807, 2.05) is 87.2 Å². The second-order valence-electron chi connectivity index (χ2n) is 6.53. The number of thioether (sulfide) groups is 1. The van der Waals surface area contributed by atoms with Gasteiger partial charge in [0.05, 0.1) is 17.6 Å². The number of hydrogen-bond acceptors (Lipinski definition) is 3. The SMILES string of the molecule is O=C1CSC(c2ccccc2)N1c1cnn(-c2ccccc2)c1-n1cccc1. The minimum Gasteiger partial charge on any atom is -0.307 e. The third-order valence-electron chi connectivity index (χ3n) is 4.79. The number of carbonyl (C=O) groups is 1. The van der Waals surface area contributed by atoms with Gasteiger partial charge < -0.3 is 4.57 Å². The Hall–Kier alpha value is -3.25. The lowest BCUT2D eigenvalue weighted by Gasteiger charge is -2.24. The summed E-state index contributed by atoms with van der Waals surface area (Å²) in [5.74, 6) is 1.41. The van der Waals surface area contributed by atoms with Crippen molar-refractivity contribution in [1.82, 2.24) is 14.3 Å². The van der Waals surface area contributed by atoms with Crippen LogP contribution in [-0.2, 0) is 4.79 Å². The third kappa shape index (κ3) is 2.82. The summed E-state index contributed by atoms with van der Waals surface area (Å²) in [6, 6.07) is 24.1. The van der Waals surface area contributed by atoms with E-state index in [0.29, 0.717) is 5.75 Å². The van der Waals surface area contributed by atoms with Gasteiger partial charge in [-0.25, -0.2) is 4.68 Å². The highest BCUT2D eigenvalue weighted by molar-refractivity contribution is 8.00. The van der Waals surface area contributed by atoms with Crippen molar-refractivity contribution < 1.29 is 4.79 Å². The summed E-state index contributed by atoms with van der Waals surface area (Å²) in [6.45, 7) is 0. The van der Waals surface area contributed by atoms with Crippen LogP contribution >= 0.6 is 11.8 Å². The molecule has 2 aromatic carbocycles. The van der Waals surface area contributed by atoms with Gasteiger partial charge in [0.25, 0.3) is 0 Å². The molecule has 4 aromatic rings. The van der Waals surface area contributed by atoms with Crippen molar-refractivity contribution in [1.29, 1.82) is 0 Å². The van der Waals surface area contributed by atoms with Crippen LogP contribution in [0.4, 0.5) is 5.69 Å². The van der Waals surface area contributed by atoms with Gasteiger partial charge in [0.2, 0.25) is 5.91 Å². The number of nitrogens with zero attached hydrogens (tertiary/aromatic N) is 4. The smallest absolute Gasteiger partial charge is 0.238 e. The van der Waals surface area contributed by atoms with Crippen LogP contribution in [0, 0.1) is 0 Å². The van der Waals surface area contributed by atoms with E-state index >= 15 is 0 Å². The van der Waals surface area contributed by atoms with E-state index in [2.05, 4.69) is 17.2 Å². The molecule has 1 aliphatic heterocycles. The second kappa shape index (κ2) is 7.05. The number of rotatable bonds is 4. The number of aromatic nitrogens is 3. The first kappa shape index (κ1) is 16.9. The molecule has 0 radical (unpaired) electrons. The number of carbonyl (C=O) groups excluding carboxylic acids is 1. The van der Waals surface area contributed by atoms with E-state index in [0.717, 1.165) is 22.8 Å². The van der Waals surface area contributed by atoms with E-state index in [4.69, 9.17) is 0 Å². The zero-order chi connectivity index (χ0) is 18.9. The molecule has 0 bridgehead atoms. The molecule has 0 aliphatic carbocycles. The molecule has 28 heavy (non-hydrogen) atoms. The Morgan fingerprint density at radius 2 is 1.57 bits per heavy atom. The molecular formula is C22H18N4OS. The highest BCUT2D eigenvalue weighted by Crippen LogP contribution is 2.43. The van der Waals surface area contributed by atoms with Gasteiger partial charge in [-0.3, -0.25) is 9.69 Å². The fraction of sp³-hybridized carbons (Fsp3) is 0.0909. The van der Waals surface area contributed by atoms with Gasteiger partial charge in [-0.2, -0.15) is 5.10 Å². The number of para-hydroxylation sites is 1. The van der Waals surface area contributed by atoms with E-state index in [9.17, 15) is 4.79 Å². The standard InChI is InChI=1S/C22H18N4OS/c27-20-16-28-22(17-9-3-1-4-10-17)25(20)19-15-23-26(18-11-5-2-6-12-18)21(19)24-13-7-8-14-24/h1-15,22H,16H2. The molecule has 1 amide bonds. The van der Waals surface area contributed by atoms with Crippen molar-refractivity contribution in [3.63, 3.8) is 0 Å². The lowest BCUT2D eigenvalue weighted by atomic mass is 10.2. The topological polar surface area (TPSA) is 43.1 Å². The lowest BCUT2D eigenvalue weighted by Crippen LogP contribution is -2.28. The first-order valence-electron chi connectivity index (χ1n) is 9.08. The minimum atomic E-state index is -0.0589. The molecule has 5 rings (SSSR count). The highest BCUT2D eigenvalue weighted by Gasteiger charge is 2.37. The summed E-state index contributed by atoms with van der Waals surface area (Å²) in [5, 5.41) is 4.58. The summed E-state index contributed by atoms with van der Waals surface area (Å²) in [4.78, 5) is 14.8. The van der Waals surface area contributed by atoms with E-state index in [1.54, 1.807) is 18.0 Å². The van der Waals surface area contributed by atoms with Crippen LogP contribution in [0.15, 0.2) is 91.4 Å². The van der Waals surface area contributed by atoms with Crippen LogP contribution < -0.4 is 4.90 Å². The van der Waals surface area contributed by atoms with Gasteiger partial charge >= 0.3 is 0 Å². The maximum atomic E-state index is 12.9. The first-order chi connectivity index (χ1) is 13.8. The number of amides is 1. The second-order valence-corrected chi connectivity index (χ2v) is 7.60. The van der Waals surface area contributed by atoms with Crippen LogP contribution in [0.25, 0.3) is 11.5 Å². The molecule has 6 heteroatoms. The Morgan fingerprint density at radius 3 is 2.29 bits per heavy atom. The summed E-state index contributed by atoms with van der Waals surface area (Å²) >= 11 is 1.65. The molecule has 0 spiro atoms. The van der Waals surface area contributed by atoms with Crippen LogP contribution in [0.5, 0.6) is 0 Å². The van der Waals surface area contributed by atoms with Crippen LogP contribution in [-0.4, -0.2) is 26.0 Å². The summed E-state index contributed by atoms with van der Waals surface area (Å²) in [6.07, 6.45) is 5.75. The molecule has 138 valence electrons. The van der Waals surface area contributed by atoms with Crippen LogP contribution in [0.2, 0.25) is 0 Å². The Balaban J connectivity index is 1.67. The van der Waals surface area contributed by atoms with Crippen molar-refractivity contribution >= 4 is 23.4 Å². The van der Waals surface area contributed by atoms with Gasteiger partial charge in [-0.15, -0.1) is 11.8 Å². The Morgan fingerprint density at radius 1 is 0.893 bits per heavy atom. The molecular weight excluding hydrogens is 368 g/mol. The average molecular weight is 386 g/mol. The van der Waals surface area contributed by atoms with Crippen molar-refractivity contribution in [2.75, 3.05) is 10.7 Å². The van der Waals surface area contributed by atoms with Gasteiger partial charge in [-0.1, -0.05) is 48.5 Å². The highest BCUT2D eigenvalue weighted by atomic mass is 32.2. The molecule has 0 saturated carbocycles. The van der Waals surface area contributed by atoms with Gasteiger partial charge in [0.1, 0.15) is 11.1 Å². The largest absolute Gasteiger partial charge is 0.307 e. The van der Waals surface area contributed by atoms with Crippen molar-refractivity contribution in [3.8, 4) is 11.5 Å². The molecule has 3 heterocycles. The molecule has 2 aromatic heterocycles. The van der Waals surface area contributed by atoms with Gasteiger partial charge in [-0.05, 0) is 29.8 Å². The zero-order valence-corrected chi connectivity index (χ0v) is 15.9. The Labute approximate surface area is 167 Å². The molecule has 1 aliphatic rings. The van der Waals surface area contributed by atoms with Crippen molar-refractivity contribution in [3.05, 3.63) is 97.0 Å². The fourth-order valence-corrected chi connectivity index (χ4v) is 4.70. The Kier molecular flexibility index (Phi) is 4.25. The van der Waals surface area contributed by atoms with Crippen LogP contribution in [0.3, 0.4) is 0 Å². The Bertz CT molecular complexity index is 1090. The predicted molar refractivity (Wildman–Crippen MR) is 112 cm³/mol. The lowest BCUT2D eigenvalue weighted by molar-refractivity contribution is -0.115. The average Bonchev–Trinajstić information content (AvgIpc) is 3.48. The molecule has 1 atom stereocenters. The predicted octanol–water partition coefficient (Wildman–Crippen LogP) is 4.44.